The summed E-state index contributed by atoms with van der Waals surface area (Å²) in [6.07, 6.45) is 4.04. The van der Waals surface area contributed by atoms with Crippen LogP contribution in [0.2, 0.25) is 0 Å². The van der Waals surface area contributed by atoms with Crippen molar-refractivity contribution in [2.75, 3.05) is 18.0 Å². The number of nitrogens with two attached hydrogens (primary N) is 1. The summed E-state index contributed by atoms with van der Waals surface area (Å²) >= 11 is 0. The monoisotopic (exact) mass is 216 g/mol. The van der Waals surface area contributed by atoms with E-state index >= 15 is 0 Å². The lowest BCUT2D eigenvalue weighted by atomic mass is 10.00. The van der Waals surface area contributed by atoms with Gasteiger partial charge in [-0.05, 0) is 49.3 Å². The van der Waals surface area contributed by atoms with E-state index in [1.165, 1.54) is 49.2 Å². The van der Waals surface area contributed by atoms with Gasteiger partial charge in [-0.2, -0.15) is 0 Å². The molecule has 2 nitrogen and oxygen atoms in total. The van der Waals surface area contributed by atoms with E-state index in [1.54, 1.807) is 0 Å². The minimum absolute atomic E-state index is 0.163. The van der Waals surface area contributed by atoms with Crippen molar-refractivity contribution in [3.63, 3.8) is 0 Å². The zero-order valence-corrected chi connectivity index (χ0v) is 9.95. The van der Waals surface area contributed by atoms with Crippen molar-refractivity contribution in [3.05, 3.63) is 29.3 Å². The van der Waals surface area contributed by atoms with E-state index in [-0.39, 0.29) is 6.04 Å². The molecule has 1 fully saturated rings. The highest BCUT2D eigenvalue weighted by molar-refractivity contribution is 5.61. The summed E-state index contributed by atoms with van der Waals surface area (Å²) in [6, 6.07) is 6.76. The van der Waals surface area contributed by atoms with Crippen molar-refractivity contribution in [2.45, 2.75) is 32.2 Å². The van der Waals surface area contributed by atoms with Crippen LogP contribution < -0.4 is 10.6 Å². The first-order chi connectivity index (χ1) is 7.75. The maximum absolute atomic E-state index is 6.03. The third-order valence-electron chi connectivity index (χ3n) is 3.83. The van der Waals surface area contributed by atoms with Gasteiger partial charge in [0.25, 0.3) is 0 Å². The first-order valence-corrected chi connectivity index (χ1v) is 6.38. The Balaban J connectivity index is 1.90. The average Bonchev–Trinajstić information content (AvgIpc) is 2.98. The van der Waals surface area contributed by atoms with E-state index in [4.69, 9.17) is 5.73 Å². The van der Waals surface area contributed by atoms with Gasteiger partial charge in [-0.1, -0.05) is 12.1 Å². The normalized spacial score (nSPS) is 21.0. The first-order valence-electron chi connectivity index (χ1n) is 6.38. The van der Waals surface area contributed by atoms with Crippen molar-refractivity contribution < 1.29 is 0 Å². The summed E-state index contributed by atoms with van der Waals surface area (Å²) in [5.41, 5.74) is 10.3. The third kappa shape index (κ3) is 1.71. The van der Waals surface area contributed by atoms with Gasteiger partial charge in [-0.15, -0.1) is 0 Å². The van der Waals surface area contributed by atoms with Crippen LogP contribution in [0.15, 0.2) is 18.2 Å². The molecule has 1 atom stereocenters. The van der Waals surface area contributed by atoms with Crippen LogP contribution in [0.25, 0.3) is 0 Å². The lowest BCUT2D eigenvalue weighted by molar-refractivity contribution is 0.746. The van der Waals surface area contributed by atoms with E-state index in [1.807, 2.05) is 0 Å². The molecular formula is C14H20N2. The van der Waals surface area contributed by atoms with Gasteiger partial charge >= 0.3 is 0 Å². The number of hydrogen-bond donors (Lipinski definition) is 1. The summed E-state index contributed by atoms with van der Waals surface area (Å²) in [5.74, 6) is 0.963. The molecule has 2 aliphatic rings. The summed E-state index contributed by atoms with van der Waals surface area (Å²) < 4.78 is 0. The van der Waals surface area contributed by atoms with Crippen LogP contribution in [0.1, 0.15) is 36.9 Å². The van der Waals surface area contributed by atoms with Crippen molar-refractivity contribution in [3.8, 4) is 0 Å². The Labute approximate surface area is 97.4 Å². The molecule has 16 heavy (non-hydrogen) atoms. The van der Waals surface area contributed by atoms with E-state index in [9.17, 15) is 0 Å². The van der Waals surface area contributed by atoms with E-state index in [0.717, 1.165) is 5.92 Å². The van der Waals surface area contributed by atoms with Gasteiger partial charge in [0.2, 0.25) is 0 Å². The summed E-state index contributed by atoms with van der Waals surface area (Å²) in [7, 11) is 0. The van der Waals surface area contributed by atoms with Gasteiger partial charge in [0.15, 0.2) is 0 Å². The van der Waals surface area contributed by atoms with Gasteiger partial charge < -0.3 is 10.6 Å². The van der Waals surface area contributed by atoms with Crippen LogP contribution in [-0.2, 0) is 6.42 Å². The van der Waals surface area contributed by atoms with Crippen LogP contribution >= 0.6 is 0 Å². The molecule has 0 amide bonds. The van der Waals surface area contributed by atoms with E-state index < -0.39 is 0 Å². The molecule has 0 saturated heterocycles. The Morgan fingerprint density at radius 1 is 1.44 bits per heavy atom. The SMILES string of the molecule is CC(N)c1cccc2c1CCN2CC1CC1. The molecule has 1 heterocycles. The standard InChI is InChI=1S/C14H20N2/c1-10(15)12-3-2-4-14-13(12)7-8-16(14)9-11-5-6-11/h2-4,10-11H,5-9,15H2,1H3. The average molecular weight is 216 g/mol. The largest absolute Gasteiger partial charge is 0.371 e. The van der Waals surface area contributed by atoms with Crippen molar-refractivity contribution >= 4 is 5.69 Å². The lowest BCUT2D eigenvalue weighted by Crippen LogP contribution is -2.22. The number of nitrogens with zero attached hydrogens (tertiary/aromatic N) is 1. The number of fused-ring (bicyclic) bond motifs is 1. The Hall–Kier alpha value is -1.02. The fourth-order valence-electron chi connectivity index (χ4n) is 2.76. The third-order valence-corrected chi connectivity index (χ3v) is 3.83. The number of rotatable bonds is 3. The van der Waals surface area contributed by atoms with Crippen LogP contribution in [0.3, 0.4) is 0 Å². The molecule has 3 rings (SSSR count). The summed E-state index contributed by atoms with van der Waals surface area (Å²) in [6.45, 7) is 4.53. The highest BCUT2D eigenvalue weighted by Gasteiger charge is 2.28. The minimum Gasteiger partial charge on any atom is -0.371 e. The molecule has 86 valence electrons. The second-order valence-corrected chi connectivity index (χ2v) is 5.27. The van der Waals surface area contributed by atoms with Crippen LogP contribution in [-0.4, -0.2) is 13.1 Å². The predicted octanol–water partition coefficient (Wildman–Crippen LogP) is 2.48. The molecular weight excluding hydrogens is 196 g/mol. The Kier molecular flexibility index (Phi) is 2.40. The minimum atomic E-state index is 0.163. The maximum Gasteiger partial charge on any atom is 0.0403 e. The maximum atomic E-state index is 6.03. The molecule has 1 unspecified atom stereocenters. The van der Waals surface area contributed by atoms with Crippen LogP contribution in [0, 0.1) is 5.92 Å². The van der Waals surface area contributed by atoms with Crippen molar-refractivity contribution in [2.24, 2.45) is 11.7 Å². The molecule has 0 spiro atoms. The quantitative estimate of drug-likeness (QED) is 0.841. The number of benzene rings is 1. The Morgan fingerprint density at radius 3 is 2.94 bits per heavy atom. The smallest absolute Gasteiger partial charge is 0.0403 e. The number of hydrogen-bond acceptors (Lipinski definition) is 2. The van der Waals surface area contributed by atoms with Gasteiger partial charge in [0.1, 0.15) is 0 Å². The van der Waals surface area contributed by atoms with Gasteiger partial charge in [-0.25, -0.2) is 0 Å². The van der Waals surface area contributed by atoms with Crippen LogP contribution in [0.5, 0.6) is 0 Å². The van der Waals surface area contributed by atoms with Gasteiger partial charge in [-0.3, -0.25) is 0 Å². The lowest BCUT2D eigenvalue weighted by Gasteiger charge is -2.20. The van der Waals surface area contributed by atoms with E-state index in [0.29, 0.717) is 0 Å². The Bertz CT molecular complexity index is 394. The highest BCUT2D eigenvalue weighted by atomic mass is 15.2. The zero-order chi connectivity index (χ0) is 11.1. The molecule has 2 N–H and O–H groups in total. The molecule has 1 aliphatic heterocycles. The molecule has 1 aromatic carbocycles. The zero-order valence-electron chi connectivity index (χ0n) is 9.95. The van der Waals surface area contributed by atoms with Gasteiger partial charge in [0, 0.05) is 24.8 Å². The topological polar surface area (TPSA) is 29.3 Å². The Morgan fingerprint density at radius 2 is 2.25 bits per heavy atom. The van der Waals surface area contributed by atoms with E-state index in [2.05, 4.69) is 30.0 Å². The molecule has 1 saturated carbocycles. The second kappa shape index (κ2) is 3.77. The highest BCUT2D eigenvalue weighted by Crippen LogP contribution is 2.37. The molecule has 0 aromatic heterocycles. The molecule has 2 heteroatoms. The molecule has 1 aliphatic carbocycles. The second-order valence-electron chi connectivity index (χ2n) is 5.27. The molecule has 0 radical (unpaired) electrons. The van der Waals surface area contributed by atoms with Crippen LogP contribution in [0.4, 0.5) is 5.69 Å². The summed E-state index contributed by atoms with van der Waals surface area (Å²) in [4.78, 5) is 2.55. The summed E-state index contributed by atoms with van der Waals surface area (Å²) in [5, 5.41) is 0. The van der Waals surface area contributed by atoms with Gasteiger partial charge in [0.05, 0.1) is 0 Å². The molecule has 1 aromatic rings. The first kappa shape index (κ1) is 10.2. The van der Waals surface area contributed by atoms with Crippen molar-refractivity contribution in [1.29, 1.82) is 0 Å². The fraction of sp³-hybridized carbons (Fsp3) is 0.571. The number of anilines is 1. The fourth-order valence-corrected chi connectivity index (χ4v) is 2.76. The predicted molar refractivity (Wildman–Crippen MR) is 67.7 cm³/mol. The van der Waals surface area contributed by atoms with Crippen molar-refractivity contribution in [1.82, 2.24) is 0 Å². The molecule has 0 bridgehead atoms.